The van der Waals surface area contributed by atoms with E-state index in [4.69, 9.17) is 21.3 Å². The van der Waals surface area contributed by atoms with E-state index in [1.807, 2.05) is 36.4 Å². The van der Waals surface area contributed by atoms with Gasteiger partial charge in [0.15, 0.2) is 14.9 Å². The first-order valence-electron chi connectivity index (χ1n) is 14.5. The van der Waals surface area contributed by atoms with E-state index < -0.39 is 9.84 Å². The number of fused-ring (bicyclic) bond motifs is 1. The third kappa shape index (κ3) is 7.71. The van der Waals surface area contributed by atoms with Crippen molar-refractivity contribution in [3.63, 3.8) is 0 Å². The fourth-order valence-electron chi connectivity index (χ4n) is 4.70. The molecule has 0 saturated carbocycles. The van der Waals surface area contributed by atoms with Gasteiger partial charge in [0.05, 0.1) is 39.9 Å². The predicted octanol–water partition coefficient (Wildman–Crippen LogP) is 7.13. The first kappa shape index (κ1) is 32.4. The Hall–Kier alpha value is -4.56. The van der Waals surface area contributed by atoms with Gasteiger partial charge < -0.3 is 10.1 Å². The van der Waals surface area contributed by atoms with E-state index in [1.54, 1.807) is 42.6 Å². The van der Waals surface area contributed by atoms with Crippen molar-refractivity contribution in [3.05, 3.63) is 112 Å². The quantitative estimate of drug-likeness (QED) is 0.142. The molecule has 6 rings (SSSR count). The van der Waals surface area contributed by atoms with Gasteiger partial charge in [-0.2, -0.15) is 0 Å². The molecule has 0 fully saturated rings. The van der Waals surface area contributed by atoms with Crippen molar-refractivity contribution in [2.45, 2.75) is 24.6 Å². The van der Waals surface area contributed by atoms with Crippen molar-refractivity contribution in [2.75, 3.05) is 24.7 Å². The van der Waals surface area contributed by atoms with Crippen LogP contribution in [0.15, 0.2) is 95.9 Å². The molecule has 6 aromatic rings. The summed E-state index contributed by atoms with van der Waals surface area (Å²) >= 11 is 7.99. The highest BCUT2D eigenvalue weighted by Crippen LogP contribution is 2.33. The number of thiazole rings is 1. The van der Waals surface area contributed by atoms with Crippen LogP contribution in [-0.2, 0) is 16.4 Å². The van der Waals surface area contributed by atoms with Crippen molar-refractivity contribution < 1.29 is 17.5 Å². The number of nitrogens with zero attached hydrogens (tertiary/aromatic N) is 6. The van der Waals surface area contributed by atoms with Gasteiger partial charge in [0.1, 0.15) is 35.3 Å². The number of rotatable bonds is 12. The van der Waals surface area contributed by atoms with Crippen LogP contribution in [-0.4, -0.2) is 57.6 Å². The minimum atomic E-state index is -3.50. The zero-order valence-corrected chi connectivity index (χ0v) is 27.7. The van der Waals surface area contributed by atoms with E-state index in [-0.39, 0.29) is 29.2 Å². The van der Waals surface area contributed by atoms with E-state index in [0.717, 1.165) is 10.4 Å². The zero-order valence-electron chi connectivity index (χ0n) is 25.3. The number of pyridine rings is 2. The highest BCUT2D eigenvalue weighted by molar-refractivity contribution is 7.91. The Balaban J connectivity index is 1.15. The van der Waals surface area contributed by atoms with Crippen LogP contribution in [0.1, 0.15) is 23.5 Å². The van der Waals surface area contributed by atoms with Crippen molar-refractivity contribution in [1.29, 1.82) is 0 Å². The normalized spacial score (nSPS) is 12.4. The van der Waals surface area contributed by atoms with Crippen molar-refractivity contribution in [1.82, 2.24) is 29.8 Å². The lowest BCUT2D eigenvalue weighted by molar-refractivity contribution is 0.276. The van der Waals surface area contributed by atoms with Gasteiger partial charge in [0, 0.05) is 29.2 Å². The van der Waals surface area contributed by atoms with Crippen LogP contribution in [0.4, 0.5) is 15.9 Å². The number of nitrogens with one attached hydrogen (secondary N) is 1. The first-order chi connectivity index (χ1) is 22.7. The van der Waals surface area contributed by atoms with Gasteiger partial charge in [-0.25, -0.2) is 32.7 Å². The molecule has 1 unspecified atom stereocenters. The maximum Gasteiger partial charge on any atom is 0.196 e. The van der Waals surface area contributed by atoms with Gasteiger partial charge in [-0.05, 0) is 68.1 Å². The molecule has 0 aliphatic rings. The minimum Gasteiger partial charge on any atom is -0.487 e. The van der Waals surface area contributed by atoms with Crippen LogP contribution >= 0.6 is 22.9 Å². The van der Waals surface area contributed by atoms with Crippen molar-refractivity contribution >= 4 is 55.2 Å². The second kappa shape index (κ2) is 14.1. The molecule has 47 heavy (non-hydrogen) atoms. The summed E-state index contributed by atoms with van der Waals surface area (Å²) in [5.41, 5.74) is 3.35. The number of anilines is 2. The SMILES string of the molecule is CC(c1nc(-c2cc3c(Nc4ccc(OCc5cccc(F)c5)c(Cl)c4)ncnc3cn2)cs1)N(C)CCS(=O)(=O)c1ccccn1. The largest absolute Gasteiger partial charge is 0.487 e. The van der Waals surface area contributed by atoms with Gasteiger partial charge in [-0.15, -0.1) is 11.3 Å². The maximum atomic E-state index is 13.5. The molecule has 2 aromatic carbocycles. The molecule has 0 aliphatic heterocycles. The molecule has 4 aromatic heterocycles. The summed E-state index contributed by atoms with van der Waals surface area (Å²) in [7, 11) is -1.62. The number of hydrogen-bond acceptors (Lipinski definition) is 11. The van der Waals surface area contributed by atoms with Gasteiger partial charge >= 0.3 is 0 Å². The Morgan fingerprint density at radius 2 is 1.89 bits per heavy atom. The van der Waals surface area contributed by atoms with Crippen molar-refractivity contribution in [2.24, 2.45) is 0 Å². The highest BCUT2D eigenvalue weighted by Gasteiger charge is 2.21. The summed E-state index contributed by atoms with van der Waals surface area (Å²) in [5, 5.41) is 7.26. The van der Waals surface area contributed by atoms with Crippen LogP contribution in [0.25, 0.3) is 22.3 Å². The lowest BCUT2D eigenvalue weighted by Gasteiger charge is -2.22. The average molecular weight is 690 g/mol. The molecular weight excluding hydrogens is 661 g/mol. The molecule has 240 valence electrons. The minimum absolute atomic E-state index is 0.0546. The number of ether oxygens (including phenoxy) is 1. The van der Waals surface area contributed by atoms with E-state index in [2.05, 4.69) is 25.3 Å². The average Bonchev–Trinajstić information content (AvgIpc) is 3.57. The monoisotopic (exact) mass is 689 g/mol. The van der Waals surface area contributed by atoms with E-state index >= 15 is 0 Å². The molecule has 14 heteroatoms. The van der Waals surface area contributed by atoms with E-state index in [9.17, 15) is 12.8 Å². The summed E-state index contributed by atoms with van der Waals surface area (Å²) in [6.45, 7) is 2.49. The van der Waals surface area contributed by atoms with Gasteiger partial charge in [0.25, 0.3) is 0 Å². The molecule has 0 aliphatic carbocycles. The predicted molar refractivity (Wildman–Crippen MR) is 181 cm³/mol. The Bertz CT molecular complexity index is 2130. The van der Waals surface area contributed by atoms with E-state index in [0.29, 0.717) is 51.3 Å². The summed E-state index contributed by atoms with van der Waals surface area (Å²) in [6, 6.07) is 18.1. The Kier molecular flexibility index (Phi) is 9.68. The second-order valence-electron chi connectivity index (χ2n) is 10.7. The number of halogens is 2. The number of sulfone groups is 1. The van der Waals surface area contributed by atoms with Crippen LogP contribution in [0.5, 0.6) is 5.75 Å². The molecule has 4 heterocycles. The third-order valence-corrected chi connectivity index (χ3v) is 10.4. The van der Waals surface area contributed by atoms with Crippen molar-refractivity contribution in [3.8, 4) is 17.1 Å². The number of benzene rings is 2. The number of aromatic nitrogens is 5. The summed E-state index contributed by atoms with van der Waals surface area (Å²) in [5.74, 6) is 0.642. The molecule has 0 saturated heterocycles. The molecule has 0 spiro atoms. The second-order valence-corrected chi connectivity index (χ2v) is 14.1. The van der Waals surface area contributed by atoms with Crippen LogP contribution in [0, 0.1) is 5.82 Å². The fourth-order valence-corrected chi connectivity index (χ4v) is 7.11. The molecule has 1 N–H and O–H groups in total. The van der Waals surface area contributed by atoms with Gasteiger partial charge in [-0.3, -0.25) is 9.88 Å². The fraction of sp³-hybridized carbons (Fsp3) is 0.182. The lowest BCUT2D eigenvalue weighted by Crippen LogP contribution is -2.28. The Morgan fingerprint density at radius 3 is 2.68 bits per heavy atom. The Labute approximate surface area is 280 Å². The molecule has 1 atom stereocenters. The molecule has 0 radical (unpaired) electrons. The molecule has 0 bridgehead atoms. The lowest BCUT2D eigenvalue weighted by atomic mass is 10.2. The topological polar surface area (TPSA) is 123 Å². The number of hydrogen-bond donors (Lipinski definition) is 1. The molecular formula is C33H29ClFN7O3S2. The van der Waals surface area contributed by atoms with Crippen LogP contribution in [0.3, 0.4) is 0 Å². The maximum absolute atomic E-state index is 13.5. The first-order valence-corrected chi connectivity index (χ1v) is 17.4. The summed E-state index contributed by atoms with van der Waals surface area (Å²) < 4.78 is 44.7. The molecule has 0 amide bonds. The van der Waals surface area contributed by atoms with Crippen LogP contribution < -0.4 is 10.1 Å². The summed E-state index contributed by atoms with van der Waals surface area (Å²) in [4.78, 5) is 24.2. The smallest absolute Gasteiger partial charge is 0.196 e. The van der Waals surface area contributed by atoms with Gasteiger partial charge in [0.2, 0.25) is 0 Å². The zero-order chi connectivity index (χ0) is 33.0. The van der Waals surface area contributed by atoms with Crippen LogP contribution in [0.2, 0.25) is 5.02 Å². The molecule has 10 nitrogen and oxygen atoms in total. The third-order valence-electron chi connectivity index (χ3n) is 7.47. The standard InChI is InChI=1S/C33H29ClFN7O3S2/c1-21(42(2)12-13-47(43,44)31-8-3-4-11-36-31)33-41-29(19-46-33)27-16-25-28(17-37-27)38-20-39-32(25)40-24-9-10-30(26(34)15-24)45-18-22-6-5-7-23(35)14-22/h3-11,14-17,19-21H,12-13,18H2,1-2H3,(H,38,39,40). The van der Waals surface area contributed by atoms with Gasteiger partial charge in [-0.1, -0.05) is 29.8 Å². The highest BCUT2D eigenvalue weighted by atomic mass is 35.5. The Morgan fingerprint density at radius 1 is 1.02 bits per heavy atom. The summed E-state index contributed by atoms with van der Waals surface area (Å²) in [6.07, 6.45) is 4.60. The van der Waals surface area contributed by atoms with E-state index in [1.165, 1.54) is 42.1 Å².